The standard InChI is InChI=1S/C28H34N4O2/c1-18-7-5-6-10-23(18)28(34)30-22-14-11-19(12-15-22)26-31-24-16-13-20(17-25(24)32-26)27(33)29-21-8-3-2-4-9-21/h11-18,21,23H,2-10H2,1H3,(H,29,33)(H,30,34)(H,31,32). The number of nitrogens with one attached hydrogen (secondary N) is 3. The van der Waals surface area contributed by atoms with Crippen LogP contribution >= 0.6 is 0 Å². The van der Waals surface area contributed by atoms with E-state index in [4.69, 9.17) is 4.98 Å². The van der Waals surface area contributed by atoms with Gasteiger partial charge in [-0.25, -0.2) is 4.98 Å². The maximum absolute atomic E-state index is 12.7. The van der Waals surface area contributed by atoms with Crippen molar-refractivity contribution in [1.29, 1.82) is 0 Å². The fourth-order valence-electron chi connectivity index (χ4n) is 5.46. The molecule has 0 radical (unpaired) electrons. The van der Waals surface area contributed by atoms with Gasteiger partial charge in [-0.2, -0.15) is 0 Å². The Morgan fingerprint density at radius 1 is 0.912 bits per heavy atom. The average molecular weight is 459 g/mol. The average Bonchev–Trinajstić information content (AvgIpc) is 3.29. The van der Waals surface area contributed by atoms with Crippen LogP contribution in [0.15, 0.2) is 42.5 Å². The van der Waals surface area contributed by atoms with Gasteiger partial charge in [-0.3, -0.25) is 9.59 Å². The predicted octanol–water partition coefficient (Wildman–Crippen LogP) is 6.06. The molecule has 3 aromatic rings. The van der Waals surface area contributed by atoms with Crippen molar-refractivity contribution in [3.8, 4) is 11.4 Å². The molecule has 2 atom stereocenters. The number of amides is 2. The topological polar surface area (TPSA) is 86.9 Å². The van der Waals surface area contributed by atoms with Crippen LogP contribution in [0.3, 0.4) is 0 Å². The van der Waals surface area contributed by atoms with Gasteiger partial charge in [-0.15, -0.1) is 0 Å². The molecule has 34 heavy (non-hydrogen) atoms. The first-order valence-corrected chi connectivity index (χ1v) is 12.8. The van der Waals surface area contributed by atoms with Gasteiger partial charge < -0.3 is 15.6 Å². The molecule has 0 bridgehead atoms. The first kappa shape index (κ1) is 22.6. The SMILES string of the molecule is CC1CCCCC1C(=O)Nc1ccc(-c2nc3ccc(C(=O)NC4CCCCC4)cc3[nH]2)cc1. The van der Waals surface area contributed by atoms with Gasteiger partial charge in [0.05, 0.1) is 11.0 Å². The third kappa shape index (κ3) is 5.01. The zero-order valence-electron chi connectivity index (χ0n) is 19.9. The summed E-state index contributed by atoms with van der Waals surface area (Å²) < 4.78 is 0. The van der Waals surface area contributed by atoms with Gasteiger partial charge in [0.1, 0.15) is 5.82 Å². The number of carbonyl (C=O) groups is 2. The normalized spacial score (nSPS) is 21.3. The van der Waals surface area contributed by atoms with Crippen molar-refractivity contribution in [2.45, 2.75) is 70.8 Å². The summed E-state index contributed by atoms with van der Waals surface area (Å²) in [5, 5.41) is 6.27. The number of aromatic nitrogens is 2. The van der Waals surface area contributed by atoms with E-state index in [1.165, 1.54) is 25.7 Å². The van der Waals surface area contributed by atoms with E-state index in [-0.39, 0.29) is 23.8 Å². The lowest BCUT2D eigenvalue weighted by atomic mass is 9.80. The molecule has 0 saturated heterocycles. The highest BCUT2D eigenvalue weighted by Crippen LogP contribution is 2.31. The summed E-state index contributed by atoms with van der Waals surface area (Å²) in [7, 11) is 0. The quantitative estimate of drug-likeness (QED) is 0.434. The van der Waals surface area contributed by atoms with Crippen LogP contribution in [0.1, 0.15) is 75.1 Å². The number of nitrogens with zero attached hydrogens (tertiary/aromatic N) is 1. The minimum atomic E-state index is -0.0164. The summed E-state index contributed by atoms with van der Waals surface area (Å²) in [6.45, 7) is 2.18. The lowest BCUT2D eigenvalue weighted by Crippen LogP contribution is -2.36. The van der Waals surface area contributed by atoms with E-state index in [9.17, 15) is 9.59 Å². The zero-order chi connectivity index (χ0) is 23.5. The number of rotatable bonds is 5. The molecule has 2 aliphatic carbocycles. The van der Waals surface area contributed by atoms with Gasteiger partial charge in [0.25, 0.3) is 5.91 Å². The Hall–Kier alpha value is -3.15. The Balaban J connectivity index is 1.26. The molecule has 2 aromatic carbocycles. The maximum Gasteiger partial charge on any atom is 0.251 e. The minimum Gasteiger partial charge on any atom is -0.349 e. The van der Waals surface area contributed by atoms with Gasteiger partial charge in [0.2, 0.25) is 5.91 Å². The lowest BCUT2D eigenvalue weighted by molar-refractivity contribution is -0.122. The molecule has 0 aliphatic heterocycles. The molecule has 2 fully saturated rings. The van der Waals surface area contributed by atoms with E-state index in [1.807, 2.05) is 42.5 Å². The highest BCUT2D eigenvalue weighted by molar-refractivity contribution is 5.98. The summed E-state index contributed by atoms with van der Waals surface area (Å²) in [5.74, 6) is 1.41. The smallest absolute Gasteiger partial charge is 0.251 e. The number of imidazole rings is 1. The summed E-state index contributed by atoms with van der Waals surface area (Å²) in [6.07, 6.45) is 10.3. The van der Waals surface area contributed by atoms with Crippen molar-refractivity contribution >= 4 is 28.5 Å². The van der Waals surface area contributed by atoms with Crippen LogP contribution in [-0.2, 0) is 4.79 Å². The van der Waals surface area contributed by atoms with Crippen LogP contribution in [0.5, 0.6) is 0 Å². The van der Waals surface area contributed by atoms with Crippen molar-refractivity contribution in [3.63, 3.8) is 0 Å². The molecule has 178 valence electrons. The van der Waals surface area contributed by atoms with Crippen LogP contribution in [0, 0.1) is 11.8 Å². The van der Waals surface area contributed by atoms with E-state index >= 15 is 0 Å². The molecule has 3 N–H and O–H groups in total. The van der Waals surface area contributed by atoms with Gasteiger partial charge in [-0.1, -0.05) is 39.0 Å². The third-order valence-electron chi connectivity index (χ3n) is 7.56. The molecule has 2 saturated carbocycles. The lowest BCUT2D eigenvalue weighted by Gasteiger charge is -2.27. The molecule has 1 heterocycles. The molecule has 5 rings (SSSR count). The molecular weight excluding hydrogens is 424 g/mol. The Morgan fingerprint density at radius 3 is 2.41 bits per heavy atom. The molecule has 6 heteroatoms. The van der Waals surface area contributed by atoms with Crippen molar-refractivity contribution in [2.24, 2.45) is 11.8 Å². The highest BCUT2D eigenvalue weighted by Gasteiger charge is 2.27. The summed E-state index contributed by atoms with van der Waals surface area (Å²) in [4.78, 5) is 33.5. The molecule has 2 unspecified atom stereocenters. The Labute approximate surface area is 200 Å². The van der Waals surface area contributed by atoms with Crippen molar-refractivity contribution < 1.29 is 9.59 Å². The first-order valence-electron chi connectivity index (χ1n) is 12.8. The zero-order valence-corrected chi connectivity index (χ0v) is 19.9. The number of benzene rings is 2. The maximum atomic E-state index is 12.7. The second kappa shape index (κ2) is 10.00. The van der Waals surface area contributed by atoms with Crippen LogP contribution in [0.4, 0.5) is 5.69 Å². The largest absolute Gasteiger partial charge is 0.349 e. The number of carbonyl (C=O) groups excluding carboxylic acids is 2. The van der Waals surface area contributed by atoms with Gasteiger partial charge in [0, 0.05) is 28.8 Å². The van der Waals surface area contributed by atoms with Crippen molar-refractivity contribution in [3.05, 3.63) is 48.0 Å². The Morgan fingerprint density at radius 2 is 1.65 bits per heavy atom. The van der Waals surface area contributed by atoms with E-state index < -0.39 is 0 Å². The Kier molecular flexibility index (Phi) is 6.66. The first-order chi connectivity index (χ1) is 16.6. The fourth-order valence-corrected chi connectivity index (χ4v) is 5.46. The second-order valence-corrected chi connectivity index (χ2v) is 10.1. The van der Waals surface area contributed by atoms with E-state index in [0.717, 1.165) is 60.2 Å². The predicted molar refractivity (Wildman–Crippen MR) is 136 cm³/mol. The van der Waals surface area contributed by atoms with Crippen molar-refractivity contribution in [1.82, 2.24) is 15.3 Å². The van der Waals surface area contributed by atoms with Crippen LogP contribution in [-0.4, -0.2) is 27.8 Å². The van der Waals surface area contributed by atoms with E-state index in [1.54, 1.807) is 0 Å². The van der Waals surface area contributed by atoms with E-state index in [2.05, 4.69) is 22.5 Å². The number of hydrogen-bond donors (Lipinski definition) is 3. The number of H-pyrrole nitrogens is 1. The molecule has 0 spiro atoms. The molecule has 1 aromatic heterocycles. The number of fused-ring (bicyclic) bond motifs is 1. The molecule has 2 amide bonds. The molecule has 6 nitrogen and oxygen atoms in total. The Bertz CT molecular complexity index is 1160. The highest BCUT2D eigenvalue weighted by atomic mass is 16.2. The number of anilines is 1. The molecule has 2 aliphatic rings. The fraction of sp³-hybridized carbons (Fsp3) is 0.464. The second-order valence-electron chi connectivity index (χ2n) is 10.1. The number of hydrogen-bond acceptors (Lipinski definition) is 3. The summed E-state index contributed by atoms with van der Waals surface area (Å²) >= 11 is 0. The third-order valence-corrected chi connectivity index (χ3v) is 7.56. The minimum absolute atomic E-state index is 0.0164. The monoisotopic (exact) mass is 458 g/mol. The van der Waals surface area contributed by atoms with E-state index in [0.29, 0.717) is 11.5 Å². The molecular formula is C28H34N4O2. The van der Waals surface area contributed by atoms with Gasteiger partial charge >= 0.3 is 0 Å². The van der Waals surface area contributed by atoms with Crippen molar-refractivity contribution in [2.75, 3.05) is 5.32 Å². The van der Waals surface area contributed by atoms with Gasteiger partial charge in [0.15, 0.2) is 0 Å². The van der Waals surface area contributed by atoms with Gasteiger partial charge in [-0.05, 0) is 74.1 Å². The van der Waals surface area contributed by atoms with Crippen LogP contribution in [0.25, 0.3) is 22.4 Å². The summed E-state index contributed by atoms with van der Waals surface area (Å²) in [5.41, 5.74) is 4.07. The van der Waals surface area contributed by atoms with Crippen LogP contribution in [0.2, 0.25) is 0 Å². The summed E-state index contributed by atoms with van der Waals surface area (Å²) in [6, 6.07) is 13.7. The number of aromatic amines is 1. The van der Waals surface area contributed by atoms with Crippen LogP contribution < -0.4 is 10.6 Å².